The highest BCUT2D eigenvalue weighted by atomic mass is 32.1. The second kappa shape index (κ2) is 12.6. The zero-order chi connectivity index (χ0) is 31.6. The number of nitrogens with zero attached hydrogens (tertiary/aromatic N) is 4. The van der Waals surface area contributed by atoms with Crippen LogP contribution < -0.4 is 10.2 Å². The Balaban J connectivity index is 1.41. The molecule has 1 saturated heterocycles. The number of halogens is 3. The molecule has 4 aromatic rings. The van der Waals surface area contributed by atoms with Gasteiger partial charge >= 0.3 is 12.3 Å². The molecule has 2 aromatic heterocycles. The highest BCUT2D eigenvalue weighted by Gasteiger charge is 2.36. The third kappa shape index (κ3) is 7.24. The average molecular weight is 628 g/mol. The van der Waals surface area contributed by atoms with Crippen molar-refractivity contribution in [2.45, 2.75) is 52.1 Å². The smallest absolute Gasteiger partial charge is 0.435 e. The van der Waals surface area contributed by atoms with Crippen LogP contribution in [0.3, 0.4) is 0 Å². The summed E-state index contributed by atoms with van der Waals surface area (Å²) in [6, 6.07) is 16.5. The van der Waals surface area contributed by atoms with Crippen LogP contribution in [0.4, 0.5) is 29.5 Å². The summed E-state index contributed by atoms with van der Waals surface area (Å²) in [7, 11) is 1.70. The van der Waals surface area contributed by atoms with E-state index in [0.29, 0.717) is 38.2 Å². The fourth-order valence-electron chi connectivity index (χ4n) is 5.04. The molecular weight excluding hydrogens is 591 g/mol. The quantitative estimate of drug-likeness (QED) is 0.224. The highest BCUT2D eigenvalue weighted by Crippen LogP contribution is 2.39. The standard InChI is InChI=1S/C32H36F3N5O3S/c1-20(26-12-13-27(44-26)23-9-7-6-8-21(23)19-39(5)30(41)43-31(2,3)4)36-29-25-18-22(40-14-16-42-17-15-40)10-11-24(25)28(37-38-29)32(33,34)35/h6-13,18,20H,14-17,19H2,1-5H3,(H,36,38)/t20-/m1/s1. The van der Waals surface area contributed by atoms with Crippen LogP contribution in [0, 0.1) is 0 Å². The van der Waals surface area contributed by atoms with Gasteiger partial charge in [-0.15, -0.1) is 21.5 Å². The van der Waals surface area contributed by atoms with Gasteiger partial charge in [0.05, 0.1) is 19.3 Å². The predicted molar refractivity (Wildman–Crippen MR) is 167 cm³/mol. The Labute approximate surface area is 258 Å². The van der Waals surface area contributed by atoms with Crippen molar-refractivity contribution in [3.8, 4) is 10.4 Å². The van der Waals surface area contributed by atoms with E-state index in [1.165, 1.54) is 6.07 Å². The Morgan fingerprint density at radius 2 is 1.80 bits per heavy atom. The van der Waals surface area contributed by atoms with Crippen molar-refractivity contribution < 1.29 is 27.4 Å². The molecule has 1 fully saturated rings. The van der Waals surface area contributed by atoms with Crippen LogP contribution in [0.5, 0.6) is 0 Å². The van der Waals surface area contributed by atoms with E-state index in [1.54, 1.807) is 35.4 Å². The molecule has 5 rings (SSSR count). The van der Waals surface area contributed by atoms with Gasteiger partial charge in [-0.25, -0.2) is 4.79 Å². The number of anilines is 2. The summed E-state index contributed by atoms with van der Waals surface area (Å²) >= 11 is 1.56. The van der Waals surface area contributed by atoms with E-state index in [9.17, 15) is 18.0 Å². The van der Waals surface area contributed by atoms with Crippen molar-refractivity contribution in [3.63, 3.8) is 0 Å². The maximum atomic E-state index is 13.8. The van der Waals surface area contributed by atoms with E-state index in [-0.39, 0.29) is 17.2 Å². The third-order valence-corrected chi connectivity index (χ3v) is 8.51. The van der Waals surface area contributed by atoms with E-state index in [1.807, 2.05) is 64.1 Å². The van der Waals surface area contributed by atoms with Crippen LogP contribution >= 0.6 is 11.3 Å². The number of benzene rings is 2. The number of hydrogen-bond donors (Lipinski definition) is 1. The molecule has 1 aliphatic rings. The van der Waals surface area contributed by atoms with Crippen molar-refractivity contribution in [2.24, 2.45) is 0 Å². The van der Waals surface area contributed by atoms with E-state index < -0.39 is 23.6 Å². The Hall–Kier alpha value is -3.90. The van der Waals surface area contributed by atoms with Crippen molar-refractivity contribution in [2.75, 3.05) is 43.6 Å². The number of carbonyl (C=O) groups excluding carboxylic acids is 1. The first-order valence-electron chi connectivity index (χ1n) is 14.4. The largest absolute Gasteiger partial charge is 0.444 e. The SMILES string of the molecule is C[C@@H](Nc1nnc(C(F)(F)F)c2ccc(N3CCOCC3)cc12)c1ccc(-c2ccccc2CN(C)C(=O)OC(C)(C)C)s1. The molecule has 0 unspecified atom stereocenters. The zero-order valence-corrected chi connectivity index (χ0v) is 26.2. The number of nitrogens with one attached hydrogen (secondary N) is 1. The molecule has 1 N–H and O–H groups in total. The molecule has 12 heteroatoms. The van der Waals surface area contributed by atoms with Crippen molar-refractivity contribution in [1.82, 2.24) is 15.1 Å². The second-order valence-electron chi connectivity index (χ2n) is 11.8. The van der Waals surface area contributed by atoms with Gasteiger partial charge in [0.25, 0.3) is 0 Å². The molecule has 2 aromatic carbocycles. The molecule has 0 spiro atoms. The fraction of sp³-hybridized carbons (Fsp3) is 0.406. The van der Waals surface area contributed by atoms with Gasteiger partial charge in [0, 0.05) is 52.9 Å². The minimum absolute atomic E-state index is 0.00545. The lowest BCUT2D eigenvalue weighted by Gasteiger charge is -2.29. The topological polar surface area (TPSA) is 79.8 Å². The molecular formula is C32H36F3N5O3S. The van der Waals surface area contributed by atoms with Gasteiger partial charge in [-0.05, 0) is 69.2 Å². The predicted octanol–water partition coefficient (Wildman–Crippen LogP) is 7.75. The molecule has 0 saturated carbocycles. The molecule has 1 aliphatic heterocycles. The van der Waals surface area contributed by atoms with Crippen LogP contribution in [0.2, 0.25) is 0 Å². The summed E-state index contributed by atoms with van der Waals surface area (Å²) in [5, 5.41) is 11.3. The van der Waals surface area contributed by atoms with Gasteiger partial charge < -0.3 is 24.6 Å². The van der Waals surface area contributed by atoms with E-state index in [4.69, 9.17) is 9.47 Å². The number of alkyl halides is 3. The minimum Gasteiger partial charge on any atom is -0.444 e. The summed E-state index contributed by atoms with van der Waals surface area (Å²) in [5.41, 5.74) is 1.16. The van der Waals surface area contributed by atoms with Crippen molar-refractivity contribution in [1.29, 1.82) is 0 Å². The number of rotatable bonds is 7. The number of amides is 1. The van der Waals surface area contributed by atoms with Crippen LogP contribution in [-0.2, 0) is 22.2 Å². The lowest BCUT2D eigenvalue weighted by molar-refractivity contribution is -0.140. The second-order valence-corrected chi connectivity index (χ2v) is 12.9. The number of thiophene rings is 1. The summed E-state index contributed by atoms with van der Waals surface area (Å²) in [5.74, 6) is 0.282. The highest BCUT2D eigenvalue weighted by molar-refractivity contribution is 7.15. The number of fused-ring (bicyclic) bond motifs is 1. The van der Waals surface area contributed by atoms with Gasteiger partial charge in [0.15, 0.2) is 11.5 Å². The van der Waals surface area contributed by atoms with Crippen molar-refractivity contribution >= 4 is 39.7 Å². The van der Waals surface area contributed by atoms with Crippen LogP contribution in [0.25, 0.3) is 21.2 Å². The first kappa shape index (κ1) is 31.5. The lowest BCUT2D eigenvalue weighted by Crippen LogP contribution is -2.36. The van der Waals surface area contributed by atoms with Gasteiger partial charge in [0.2, 0.25) is 0 Å². The zero-order valence-electron chi connectivity index (χ0n) is 25.4. The number of carbonyl (C=O) groups is 1. The van der Waals surface area contributed by atoms with Crippen LogP contribution in [-0.4, -0.2) is 60.1 Å². The van der Waals surface area contributed by atoms with Gasteiger partial charge in [-0.2, -0.15) is 13.2 Å². The molecule has 0 radical (unpaired) electrons. The molecule has 234 valence electrons. The number of morpholine rings is 1. The minimum atomic E-state index is -4.64. The van der Waals surface area contributed by atoms with E-state index in [0.717, 1.165) is 26.6 Å². The summed E-state index contributed by atoms with van der Waals surface area (Å²) in [6.07, 6.45) is -5.04. The number of hydrogen-bond acceptors (Lipinski definition) is 8. The van der Waals surface area contributed by atoms with Gasteiger partial charge in [0.1, 0.15) is 5.60 Å². The molecule has 8 nitrogen and oxygen atoms in total. The number of ether oxygens (including phenoxy) is 2. The lowest BCUT2D eigenvalue weighted by atomic mass is 10.1. The molecule has 1 amide bonds. The molecule has 3 heterocycles. The number of aromatic nitrogens is 2. The Bertz CT molecular complexity index is 1630. The molecule has 44 heavy (non-hydrogen) atoms. The van der Waals surface area contributed by atoms with E-state index in [2.05, 4.69) is 20.4 Å². The van der Waals surface area contributed by atoms with Crippen LogP contribution in [0.15, 0.2) is 54.6 Å². The summed E-state index contributed by atoms with van der Waals surface area (Å²) in [4.78, 5) is 18.2. The summed E-state index contributed by atoms with van der Waals surface area (Å²) < 4.78 is 52.5. The van der Waals surface area contributed by atoms with Gasteiger partial charge in [-0.1, -0.05) is 24.3 Å². The molecule has 0 bridgehead atoms. The maximum Gasteiger partial charge on any atom is 0.435 e. The van der Waals surface area contributed by atoms with Gasteiger partial charge in [-0.3, -0.25) is 0 Å². The van der Waals surface area contributed by atoms with Crippen molar-refractivity contribution in [3.05, 3.63) is 70.7 Å². The molecule has 1 atom stereocenters. The first-order valence-corrected chi connectivity index (χ1v) is 15.2. The Morgan fingerprint density at radius 1 is 1.07 bits per heavy atom. The molecule has 0 aliphatic carbocycles. The average Bonchev–Trinajstić information content (AvgIpc) is 3.47. The van der Waals surface area contributed by atoms with Crippen LogP contribution in [0.1, 0.15) is 49.9 Å². The monoisotopic (exact) mass is 627 g/mol. The Kier molecular flexibility index (Phi) is 9.03. The third-order valence-electron chi connectivity index (χ3n) is 7.21. The Morgan fingerprint density at radius 3 is 2.50 bits per heavy atom. The fourth-order valence-corrected chi connectivity index (χ4v) is 6.11. The first-order chi connectivity index (χ1) is 20.8. The maximum absolute atomic E-state index is 13.8. The van der Waals surface area contributed by atoms with E-state index >= 15 is 0 Å². The summed E-state index contributed by atoms with van der Waals surface area (Å²) in [6.45, 7) is 10.2. The normalized spacial score (nSPS) is 14.9.